The van der Waals surface area contributed by atoms with Crippen LogP contribution in [-0.4, -0.2) is 32.5 Å². The molecular formula is C28H30ClN4O3+. The number of carbonyl (C=O) groups is 2. The quantitative estimate of drug-likeness (QED) is 0.406. The van der Waals surface area contributed by atoms with Gasteiger partial charge in [0, 0.05) is 28.4 Å². The minimum Gasteiger partial charge on any atom is -0.294 e. The first-order chi connectivity index (χ1) is 17.3. The third-order valence-corrected chi connectivity index (χ3v) is 7.32. The van der Waals surface area contributed by atoms with Crippen LogP contribution in [0.1, 0.15) is 68.7 Å². The number of halogens is 1. The summed E-state index contributed by atoms with van der Waals surface area (Å²) in [5, 5.41) is 3.77. The molecule has 0 bridgehead atoms. The lowest BCUT2D eigenvalue weighted by Crippen LogP contribution is -2.45. The molecule has 3 heterocycles. The van der Waals surface area contributed by atoms with Crippen LogP contribution < -0.4 is 10.1 Å². The van der Waals surface area contributed by atoms with Crippen LogP contribution in [0.4, 0.5) is 0 Å². The number of benzene rings is 1. The molecule has 0 atom stereocenters. The van der Waals surface area contributed by atoms with Crippen LogP contribution in [0.15, 0.2) is 53.6 Å². The minimum atomic E-state index is -0.392. The van der Waals surface area contributed by atoms with Crippen LogP contribution in [0.3, 0.4) is 0 Å². The highest BCUT2D eigenvalue weighted by Crippen LogP contribution is 2.36. The van der Waals surface area contributed by atoms with Crippen molar-refractivity contribution in [3.8, 4) is 5.69 Å². The molecule has 7 nitrogen and oxygen atoms in total. The van der Waals surface area contributed by atoms with E-state index in [9.17, 15) is 14.4 Å². The third kappa shape index (κ3) is 4.11. The largest absolute Gasteiger partial charge is 0.327 e. The lowest BCUT2D eigenvalue weighted by molar-refractivity contribution is -0.577. The van der Waals surface area contributed by atoms with E-state index in [1.807, 2.05) is 39.1 Å². The number of hydrogen-bond acceptors (Lipinski definition) is 3. The number of rotatable bonds is 5. The topological polar surface area (TPSA) is 79.1 Å². The van der Waals surface area contributed by atoms with E-state index in [0.29, 0.717) is 16.4 Å². The number of carbonyl (C=O) groups excluding carboxylic acids is 2. The number of aromatic nitrogens is 3. The smallest absolute Gasteiger partial charge is 0.294 e. The lowest BCUT2D eigenvalue weighted by Gasteiger charge is -2.29. The Kier molecular flexibility index (Phi) is 6.43. The van der Waals surface area contributed by atoms with E-state index in [1.165, 1.54) is 9.58 Å². The molecule has 0 saturated heterocycles. The molecule has 1 aromatic carbocycles. The molecule has 3 aromatic rings. The maximum atomic E-state index is 14.1. The number of pyridine rings is 1. The van der Waals surface area contributed by atoms with Crippen LogP contribution in [0.5, 0.6) is 0 Å². The highest BCUT2D eigenvalue weighted by Gasteiger charge is 2.50. The molecule has 186 valence electrons. The van der Waals surface area contributed by atoms with Gasteiger partial charge in [0.2, 0.25) is 0 Å². The Morgan fingerprint density at radius 2 is 1.69 bits per heavy atom. The van der Waals surface area contributed by atoms with Crippen LogP contribution in [-0.2, 0) is 9.59 Å². The molecule has 1 saturated carbocycles. The first-order valence-corrected chi connectivity index (χ1v) is 12.9. The van der Waals surface area contributed by atoms with Gasteiger partial charge in [-0.1, -0.05) is 44.7 Å². The van der Waals surface area contributed by atoms with Crippen molar-refractivity contribution in [3.63, 3.8) is 0 Å². The average Bonchev–Trinajstić information content (AvgIpc) is 3.33. The van der Waals surface area contributed by atoms with Gasteiger partial charge >= 0.3 is 5.91 Å². The molecule has 1 aliphatic heterocycles. The highest BCUT2D eigenvalue weighted by molar-refractivity contribution is 6.44. The molecule has 0 radical (unpaired) electrons. The standard InChI is InChI=1S/C28H29ClN4O3/c1-17(2)24-22(27(35)33(30-24)21-13-11-19(29)12-14-21)23-25(31-15-7-8-18(3)16-31)28(36)32(26(23)34)20-9-5-4-6-10-20/h7-8,11-17,20H,4-6,9-10H2,1-3H3/p+1. The minimum absolute atomic E-state index is 0.0934. The number of aromatic amines is 1. The second-order valence-corrected chi connectivity index (χ2v) is 10.4. The molecule has 1 aliphatic carbocycles. The molecule has 0 spiro atoms. The van der Waals surface area contributed by atoms with Gasteiger partial charge in [-0.15, -0.1) is 0 Å². The van der Waals surface area contributed by atoms with Crippen molar-refractivity contribution >= 4 is 34.7 Å². The predicted molar refractivity (Wildman–Crippen MR) is 139 cm³/mol. The van der Waals surface area contributed by atoms with Gasteiger partial charge in [-0.25, -0.2) is 4.68 Å². The Bertz CT molecular complexity index is 1430. The molecule has 2 aromatic heterocycles. The van der Waals surface area contributed by atoms with Gasteiger partial charge in [0.05, 0.1) is 11.3 Å². The SMILES string of the molecule is Cc1ccc[n+](C2=C(c3c(C(C)C)[nH]n(-c4ccc(Cl)cc4)c3=O)C(=O)N(C3CCCCC3)C2=O)c1. The normalized spacial score (nSPS) is 17.1. The summed E-state index contributed by atoms with van der Waals surface area (Å²) < 4.78 is 3.12. The zero-order chi connectivity index (χ0) is 25.6. The summed E-state index contributed by atoms with van der Waals surface area (Å²) in [6, 6.07) is 10.5. The summed E-state index contributed by atoms with van der Waals surface area (Å²) in [5.74, 6) is -0.827. The van der Waals surface area contributed by atoms with E-state index in [-0.39, 0.29) is 40.3 Å². The van der Waals surface area contributed by atoms with Gasteiger partial charge in [0.1, 0.15) is 5.57 Å². The number of H-pyrrole nitrogens is 1. The first kappa shape index (κ1) is 24.3. The Hall–Kier alpha value is -3.45. The molecule has 1 fully saturated rings. The van der Waals surface area contributed by atoms with Crippen LogP contribution >= 0.6 is 11.6 Å². The first-order valence-electron chi connectivity index (χ1n) is 12.5. The molecule has 36 heavy (non-hydrogen) atoms. The monoisotopic (exact) mass is 505 g/mol. The lowest BCUT2D eigenvalue weighted by atomic mass is 9.94. The van der Waals surface area contributed by atoms with Crippen molar-refractivity contribution in [2.24, 2.45) is 0 Å². The maximum absolute atomic E-state index is 14.1. The summed E-state index contributed by atoms with van der Waals surface area (Å²) in [5.41, 5.74) is 2.44. The second kappa shape index (κ2) is 9.54. The van der Waals surface area contributed by atoms with E-state index >= 15 is 0 Å². The number of nitrogens with one attached hydrogen (secondary N) is 1. The van der Waals surface area contributed by atoms with E-state index in [4.69, 9.17) is 11.6 Å². The molecule has 0 unspecified atom stereocenters. The zero-order valence-electron chi connectivity index (χ0n) is 20.8. The van der Waals surface area contributed by atoms with Gasteiger partial charge in [-0.05, 0) is 56.0 Å². The molecular weight excluding hydrogens is 476 g/mol. The van der Waals surface area contributed by atoms with Crippen molar-refractivity contribution < 1.29 is 14.2 Å². The summed E-state index contributed by atoms with van der Waals surface area (Å²) in [7, 11) is 0. The van der Waals surface area contributed by atoms with Gasteiger partial charge < -0.3 is 0 Å². The fourth-order valence-electron chi connectivity index (χ4n) is 5.29. The summed E-state index contributed by atoms with van der Waals surface area (Å²) in [6.07, 6.45) is 8.23. The Labute approximate surface area is 215 Å². The number of nitrogens with zero attached hydrogens (tertiary/aromatic N) is 3. The molecule has 2 aliphatic rings. The fourth-order valence-corrected chi connectivity index (χ4v) is 5.41. The van der Waals surface area contributed by atoms with Crippen LogP contribution in [0, 0.1) is 6.92 Å². The molecule has 2 amide bonds. The maximum Gasteiger partial charge on any atom is 0.327 e. The third-order valence-electron chi connectivity index (χ3n) is 7.07. The second-order valence-electron chi connectivity index (χ2n) is 9.96. The molecule has 1 N–H and O–H groups in total. The average molecular weight is 506 g/mol. The number of amides is 2. The van der Waals surface area contributed by atoms with Gasteiger partial charge in [0.15, 0.2) is 12.4 Å². The number of aryl methyl sites for hydroxylation is 1. The zero-order valence-corrected chi connectivity index (χ0v) is 21.5. The Balaban J connectivity index is 1.76. The Morgan fingerprint density at radius 1 is 1.00 bits per heavy atom. The molecule has 5 rings (SSSR count). The van der Waals surface area contributed by atoms with Crippen molar-refractivity contribution in [1.29, 1.82) is 0 Å². The summed E-state index contributed by atoms with van der Waals surface area (Å²) in [6.45, 7) is 5.85. The van der Waals surface area contributed by atoms with Crippen molar-refractivity contribution in [3.05, 3.63) is 81.0 Å². The predicted octanol–water partition coefficient (Wildman–Crippen LogP) is 4.61. The fraction of sp³-hybridized carbons (Fsp3) is 0.357. The van der Waals surface area contributed by atoms with Crippen LogP contribution in [0.25, 0.3) is 17.0 Å². The van der Waals surface area contributed by atoms with Crippen molar-refractivity contribution in [1.82, 2.24) is 14.7 Å². The van der Waals surface area contributed by atoms with E-state index in [1.54, 1.807) is 35.0 Å². The van der Waals surface area contributed by atoms with Crippen molar-refractivity contribution in [2.75, 3.05) is 0 Å². The van der Waals surface area contributed by atoms with Gasteiger partial charge in [0.25, 0.3) is 17.2 Å². The molecule has 8 heteroatoms. The van der Waals surface area contributed by atoms with Crippen molar-refractivity contribution in [2.45, 2.75) is 64.8 Å². The van der Waals surface area contributed by atoms with Gasteiger partial charge in [-0.2, -0.15) is 4.57 Å². The van der Waals surface area contributed by atoms with E-state index in [0.717, 1.165) is 37.7 Å². The number of hydrogen-bond donors (Lipinski definition) is 1. The summed E-state index contributed by atoms with van der Waals surface area (Å²) in [4.78, 5) is 43.3. The highest BCUT2D eigenvalue weighted by atomic mass is 35.5. The number of imide groups is 1. The van der Waals surface area contributed by atoms with E-state index < -0.39 is 5.91 Å². The Morgan fingerprint density at radius 3 is 2.33 bits per heavy atom. The van der Waals surface area contributed by atoms with E-state index in [2.05, 4.69) is 5.10 Å². The van der Waals surface area contributed by atoms with Gasteiger partial charge in [-0.3, -0.25) is 24.4 Å². The summed E-state index contributed by atoms with van der Waals surface area (Å²) >= 11 is 6.06. The van der Waals surface area contributed by atoms with Crippen LogP contribution in [0.2, 0.25) is 5.02 Å².